The SMILES string of the molecule is Cc1ncsc1-c1ccc(CNC(=O)[C@@H]2C[C@@H](O)CN2C(=O)[C@@H](NC(=O)COCCOCCNCCCONC(=O)c2ccc(F)c(F)c2Nc2ccc(I)cc2F)C(C)(C)C)cc1. The summed E-state index contributed by atoms with van der Waals surface area (Å²) >= 11 is 3.46. The zero-order chi connectivity index (χ0) is 46.4. The van der Waals surface area contributed by atoms with E-state index in [0.29, 0.717) is 29.7 Å². The molecule has 64 heavy (non-hydrogen) atoms. The molecule has 1 aliphatic rings. The summed E-state index contributed by atoms with van der Waals surface area (Å²) in [5, 5.41) is 21.8. The third-order valence-corrected chi connectivity index (χ3v) is 11.7. The molecule has 1 aliphatic heterocycles. The van der Waals surface area contributed by atoms with Gasteiger partial charge in [0.25, 0.3) is 5.91 Å². The van der Waals surface area contributed by atoms with E-state index >= 15 is 0 Å². The number of hydroxylamine groups is 1. The van der Waals surface area contributed by atoms with E-state index in [1.54, 1.807) is 43.7 Å². The molecule has 2 heterocycles. The van der Waals surface area contributed by atoms with Crippen molar-refractivity contribution in [3.63, 3.8) is 0 Å². The van der Waals surface area contributed by atoms with Gasteiger partial charge in [-0.2, -0.15) is 0 Å². The van der Waals surface area contributed by atoms with E-state index in [-0.39, 0.29) is 57.2 Å². The summed E-state index contributed by atoms with van der Waals surface area (Å²) in [6.45, 7) is 8.92. The van der Waals surface area contributed by atoms with Crippen LogP contribution in [0.15, 0.2) is 60.1 Å². The first-order chi connectivity index (χ1) is 30.5. The molecule has 0 saturated carbocycles. The number of carbonyl (C=O) groups is 4. The standard InChI is InChI=1S/C44H53F3IN7O8S/c1-26-39(64-25-51-26)28-8-6-27(7-9-28)22-50-42(59)35-21-30(56)23-55(35)43(60)40(44(2,3)4)53-36(57)24-62-19-18-61-17-15-49-14-5-16-63-54-41(58)31-11-12-32(45)37(47)38(31)52-34-13-10-29(48)20-33(34)46/h6-13,20,25,30,35,40,49,52,56H,5,14-19,21-24H2,1-4H3,(H,50,59)(H,53,57)(H,54,58)/t30-,35+,40-/m1/s1. The Kier molecular flexibility index (Phi) is 18.9. The lowest BCUT2D eigenvalue weighted by atomic mass is 9.85. The number of ether oxygens (including phenoxy) is 2. The Morgan fingerprint density at radius 2 is 1.72 bits per heavy atom. The van der Waals surface area contributed by atoms with Crippen LogP contribution in [0.2, 0.25) is 0 Å². The number of nitrogens with one attached hydrogen (secondary N) is 5. The molecule has 3 atom stereocenters. The molecule has 15 nitrogen and oxygen atoms in total. The quantitative estimate of drug-likeness (QED) is 0.0337. The zero-order valence-electron chi connectivity index (χ0n) is 35.9. The molecule has 1 fully saturated rings. The number of hydrogen-bond acceptors (Lipinski definition) is 12. The van der Waals surface area contributed by atoms with E-state index < -0.39 is 70.4 Å². The van der Waals surface area contributed by atoms with Crippen molar-refractivity contribution in [2.75, 3.05) is 58.0 Å². The Labute approximate surface area is 387 Å². The number of aliphatic hydroxyl groups excluding tert-OH is 1. The fourth-order valence-electron chi connectivity index (χ4n) is 6.67. The molecule has 6 N–H and O–H groups in total. The predicted octanol–water partition coefficient (Wildman–Crippen LogP) is 5.37. The van der Waals surface area contributed by atoms with Gasteiger partial charge in [-0.3, -0.25) is 24.0 Å². The van der Waals surface area contributed by atoms with Crippen molar-refractivity contribution in [2.45, 2.75) is 65.3 Å². The molecule has 346 valence electrons. The molecule has 0 spiro atoms. The van der Waals surface area contributed by atoms with E-state index in [2.05, 4.69) is 31.7 Å². The number of carbonyl (C=O) groups excluding carboxylic acids is 4. The van der Waals surface area contributed by atoms with E-state index in [9.17, 15) is 37.5 Å². The minimum atomic E-state index is -1.34. The van der Waals surface area contributed by atoms with E-state index in [1.807, 2.05) is 53.8 Å². The monoisotopic (exact) mass is 1020 g/mol. The predicted molar refractivity (Wildman–Crippen MR) is 243 cm³/mol. The molecule has 1 saturated heterocycles. The molecule has 5 rings (SSSR count). The molecular weight excluding hydrogens is 970 g/mol. The second-order valence-corrected chi connectivity index (χ2v) is 18.1. The van der Waals surface area contributed by atoms with Gasteiger partial charge in [0.2, 0.25) is 17.7 Å². The molecule has 4 amide bonds. The lowest BCUT2D eigenvalue weighted by Crippen LogP contribution is -2.58. The van der Waals surface area contributed by atoms with Crippen molar-refractivity contribution >= 4 is 68.9 Å². The lowest BCUT2D eigenvalue weighted by molar-refractivity contribution is -0.144. The number of nitrogens with zero attached hydrogens (tertiary/aromatic N) is 2. The third-order valence-electron chi connectivity index (χ3n) is 10.0. The number of thiazole rings is 1. The number of halogens is 4. The first kappa shape index (κ1) is 50.3. The highest BCUT2D eigenvalue weighted by Gasteiger charge is 2.44. The largest absolute Gasteiger partial charge is 0.391 e. The number of aryl methyl sites for hydroxylation is 1. The maximum absolute atomic E-state index is 14.6. The fourth-order valence-corrected chi connectivity index (χ4v) is 7.93. The average molecular weight is 1020 g/mol. The Hall–Kier alpha value is -4.71. The van der Waals surface area contributed by atoms with Crippen LogP contribution in [-0.2, 0) is 35.2 Å². The topological polar surface area (TPSA) is 192 Å². The van der Waals surface area contributed by atoms with Crippen LogP contribution in [0, 0.1) is 33.4 Å². The van der Waals surface area contributed by atoms with Gasteiger partial charge in [0.1, 0.15) is 24.5 Å². The van der Waals surface area contributed by atoms with Crippen LogP contribution in [-0.4, -0.2) is 109 Å². The number of hydrogen-bond donors (Lipinski definition) is 6. The Morgan fingerprint density at radius 3 is 2.42 bits per heavy atom. The molecule has 0 bridgehead atoms. The smallest absolute Gasteiger partial charge is 0.277 e. The van der Waals surface area contributed by atoms with Crippen LogP contribution in [0.5, 0.6) is 0 Å². The summed E-state index contributed by atoms with van der Waals surface area (Å²) in [7, 11) is 0. The summed E-state index contributed by atoms with van der Waals surface area (Å²) in [5.74, 6) is -5.52. The van der Waals surface area contributed by atoms with Crippen LogP contribution in [0.1, 0.15) is 55.2 Å². The van der Waals surface area contributed by atoms with Crippen molar-refractivity contribution in [3.8, 4) is 10.4 Å². The second kappa shape index (κ2) is 24.0. The molecule has 0 aliphatic carbocycles. The molecule has 0 radical (unpaired) electrons. The summed E-state index contributed by atoms with van der Waals surface area (Å²) in [4.78, 5) is 64.8. The van der Waals surface area contributed by atoms with Crippen LogP contribution in [0.3, 0.4) is 0 Å². The number of amides is 4. The Balaban J connectivity index is 0.945. The van der Waals surface area contributed by atoms with Gasteiger partial charge in [-0.1, -0.05) is 45.0 Å². The van der Waals surface area contributed by atoms with E-state index in [1.165, 1.54) is 17.0 Å². The molecular formula is C44H53F3IN7O8S. The summed E-state index contributed by atoms with van der Waals surface area (Å²) in [5.41, 5.74) is 5.15. The summed E-state index contributed by atoms with van der Waals surface area (Å²) in [6.07, 6.45) is -0.348. The molecule has 20 heteroatoms. The maximum atomic E-state index is 14.6. The van der Waals surface area contributed by atoms with Crippen molar-refractivity contribution < 1.29 is 51.8 Å². The second-order valence-electron chi connectivity index (χ2n) is 16.0. The number of β-amino-alcohol motifs (C(OH)–C–C–N with tert-alkyl or cyclic N) is 1. The highest BCUT2D eigenvalue weighted by atomic mass is 127. The first-order valence-corrected chi connectivity index (χ1v) is 22.5. The Morgan fingerprint density at radius 1 is 0.969 bits per heavy atom. The van der Waals surface area contributed by atoms with Gasteiger partial charge in [-0.05, 0) is 89.4 Å². The number of benzene rings is 3. The van der Waals surface area contributed by atoms with E-state index in [4.69, 9.17) is 14.3 Å². The van der Waals surface area contributed by atoms with Gasteiger partial charge in [0.05, 0.1) is 65.6 Å². The van der Waals surface area contributed by atoms with Crippen molar-refractivity contribution in [2.24, 2.45) is 5.41 Å². The molecule has 1 aromatic heterocycles. The van der Waals surface area contributed by atoms with Crippen LogP contribution in [0.25, 0.3) is 10.4 Å². The summed E-state index contributed by atoms with van der Waals surface area (Å²) < 4.78 is 54.6. The number of aliphatic hydroxyl groups is 1. The minimum absolute atomic E-state index is 0.0434. The fraction of sp³-hybridized carbons (Fsp3) is 0.432. The van der Waals surface area contributed by atoms with E-state index in [0.717, 1.165) is 33.8 Å². The number of anilines is 2. The van der Waals surface area contributed by atoms with Crippen LogP contribution >= 0.6 is 33.9 Å². The van der Waals surface area contributed by atoms with Crippen molar-refractivity contribution in [1.29, 1.82) is 0 Å². The minimum Gasteiger partial charge on any atom is -0.391 e. The van der Waals surface area contributed by atoms with Crippen LogP contribution < -0.4 is 26.7 Å². The van der Waals surface area contributed by atoms with Crippen molar-refractivity contribution in [1.82, 2.24) is 31.3 Å². The maximum Gasteiger partial charge on any atom is 0.277 e. The molecule has 3 aromatic carbocycles. The normalized spacial score (nSPS) is 15.5. The van der Waals surface area contributed by atoms with Crippen LogP contribution in [0.4, 0.5) is 24.5 Å². The highest BCUT2D eigenvalue weighted by molar-refractivity contribution is 14.1. The number of likely N-dealkylation sites (tertiary alicyclic amines) is 1. The van der Waals surface area contributed by atoms with Gasteiger partial charge in [-0.25, -0.2) is 23.6 Å². The van der Waals surface area contributed by atoms with Crippen molar-refractivity contribution in [3.05, 3.63) is 98.0 Å². The third kappa shape index (κ3) is 14.4. The lowest BCUT2D eigenvalue weighted by Gasteiger charge is -2.35. The highest BCUT2D eigenvalue weighted by Crippen LogP contribution is 2.30. The zero-order valence-corrected chi connectivity index (χ0v) is 38.9. The van der Waals surface area contributed by atoms with Gasteiger partial charge in [0.15, 0.2) is 11.6 Å². The average Bonchev–Trinajstić information content (AvgIpc) is 3.87. The molecule has 0 unspecified atom stereocenters. The number of aromatic nitrogens is 1. The molecule has 4 aromatic rings. The van der Waals surface area contributed by atoms with Gasteiger partial charge in [0, 0.05) is 29.6 Å². The van der Waals surface area contributed by atoms with Gasteiger partial charge >= 0.3 is 0 Å². The Bertz CT molecular complexity index is 2230. The first-order valence-electron chi connectivity index (χ1n) is 20.6. The number of rotatable bonds is 22. The van der Waals surface area contributed by atoms with Gasteiger partial charge in [-0.15, -0.1) is 11.3 Å². The van der Waals surface area contributed by atoms with Gasteiger partial charge < -0.3 is 40.7 Å². The summed E-state index contributed by atoms with van der Waals surface area (Å²) in [6, 6.07) is 11.8.